The summed E-state index contributed by atoms with van der Waals surface area (Å²) in [4.78, 5) is 17.8. The first-order chi connectivity index (χ1) is 12.6. The molecule has 2 rings (SSSR count). The van der Waals surface area contributed by atoms with Crippen molar-refractivity contribution in [2.45, 2.75) is 52.5 Å². The molecule has 0 bridgehead atoms. The summed E-state index contributed by atoms with van der Waals surface area (Å²) in [6.07, 6.45) is 11.1. The number of pyridine rings is 1. The Morgan fingerprint density at radius 1 is 1.42 bits per heavy atom. The maximum atomic E-state index is 10.8. The van der Waals surface area contributed by atoms with Gasteiger partial charge < -0.3 is 15.0 Å². The SMILES string of the molecule is CCC(CC)N(CC1CC1)/C(C)=C/C(=C\NC=O)c1cc(OC)ccn1. The number of nitrogens with one attached hydrogen (secondary N) is 1. The molecule has 0 radical (unpaired) electrons. The summed E-state index contributed by atoms with van der Waals surface area (Å²) >= 11 is 0. The lowest BCUT2D eigenvalue weighted by Gasteiger charge is -2.33. The summed E-state index contributed by atoms with van der Waals surface area (Å²) in [5, 5.41) is 2.65. The fourth-order valence-corrected chi connectivity index (χ4v) is 3.21. The van der Waals surface area contributed by atoms with Gasteiger partial charge in [0, 0.05) is 42.3 Å². The molecule has 0 aromatic carbocycles. The number of carbonyl (C=O) groups excluding carboxylic acids is 1. The van der Waals surface area contributed by atoms with E-state index in [4.69, 9.17) is 4.74 Å². The molecule has 1 fully saturated rings. The Hall–Kier alpha value is -2.30. The van der Waals surface area contributed by atoms with E-state index in [0.717, 1.165) is 42.3 Å². The molecule has 1 amide bonds. The van der Waals surface area contributed by atoms with Crippen LogP contribution in [0.5, 0.6) is 5.75 Å². The van der Waals surface area contributed by atoms with Crippen LogP contribution in [0, 0.1) is 5.92 Å². The normalized spacial score (nSPS) is 15.1. The molecule has 142 valence electrons. The van der Waals surface area contributed by atoms with E-state index in [1.807, 2.05) is 12.1 Å². The van der Waals surface area contributed by atoms with Crippen molar-refractivity contribution in [1.29, 1.82) is 0 Å². The molecular weight excluding hydrogens is 326 g/mol. The lowest BCUT2D eigenvalue weighted by atomic mass is 10.1. The van der Waals surface area contributed by atoms with Crippen LogP contribution in [0.15, 0.2) is 36.3 Å². The molecule has 5 nitrogen and oxygen atoms in total. The van der Waals surface area contributed by atoms with Gasteiger partial charge in [0.1, 0.15) is 5.75 Å². The van der Waals surface area contributed by atoms with Gasteiger partial charge in [0.15, 0.2) is 0 Å². The Morgan fingerprint density at radius 3 is 2.73 bits per heavy atom. The monoisotopic (exact) mass is 357 g/mol. The van der Waals surface area contributed by atoms with Gasteiger partial charge in [0.05, 0.1) is 12.8 Å². The van der Waals surface area contributed by atoms with Crippen molar-refractivity contribution in [2.24, 2.45) is 5.92 Å². The number of methoxy groups -OCH3 is 1. The van der Waals surface area contributed by atoms with Crippen molar-refractivity contribution in [3.63, 3.8) is 0 Å². The van der Waals surface area contributed by atoms with Gasteiger partial charge in [-0.1, -0.05) is 13.8 Å². The molecule has 5 heteroatoms. The van der Waals surface area contributed by atoms with Crippen molar-refractivity contribution in [3.05, 3.63) is 42.0 Å². The molecule has 0 unspecified atom stereocenters. The van der Waals surface area contributed by atoms with Crippen molar-refractivity contribution >= 4 is 12.0 Å². The second kappa shape index (κ2) is 10.00. The van der Waals surface area contributed by atoms with Crippen LogP contribution in [0.3, 0.4) is 0 Å². The van der Waals surface area contributed by atoms with Crippen molar-refractivity contribution < 1.29 is 9.53 Å². The maximum absolute atomic E-state index is 10.8. The van der Waals surface area contributed by atoms with Gasteiger partial charge >= 0.3 is 0 Å². The average Bonchev–Trinajstić information content (AvgIpc) is 3.49. The van der Waals surface area contributed by atoms with Crippen LogP contribution < -0.4 is 10.1 Å². The summed E-state index contributed by atoms with van der Waals surface area (Å²) in [5.74, 6) is 1.56. The number of carbonyl (C=O) groups is 1. The zero-order valence-corrected chi connectivity index (χ0v) is 16.4. The summed E-state index contributed by atoms with van der Waals surface area (Å²) in [7, 11) is 1.64. The summed E-state index contributed by atoms with van der Waals surface area (Å²) < 4.78 is 5.31. The number of ether oxygens (including phenoxy) is 1. The Kier molecular flexibility index (Phi) is 7.70. The molecular formula is C21H31N3O2. The molecule has 1 N–H and O–H groups in total. The van der Waals surface area contributed by atoms with Gasteiger partial charge in [-0.15, -0.1) is 0 Å². The smallest absolute Gasteiger partial charge is 0.211 e. The quantitative estimate of drug-likeness (QED) is 0.481. The Balaban J connectivity index is 2.33. The minimum absolute atomic E-state index is 0.533. The van der Waals surface area contributed by atoms with E-state index in [1.165, 1.54) is 18.5 Å². The lowest BCUT2D eigenvalue weighted by molar-refractivity contribution is -0.108. The van der Waals surface area contributed by atoms with E-state index in [1.54, 1.807) is 19.5 Å². The van der Waals surface area contributed by atoms with E-state index in [2.05, 4.69) is 42.0 Å². The molecule has 0 saturated heterocycles. The van der Waals surface area contributed by atoms with Gasteiger partial charge in [-0.25, -0.2) is 0 Å². The highest BCUT2D eigenvalue weighted by Crippen LogP contribution is 2.33. The molecule has 0 atom stereocenters. The maximum Gasteiger partial charge on any atom is 0.211 e. The van der Waals surface area contributed by atoms with Crippen LogP contribution >= 0.6 is 0 Å². The van der Waals surface area contributed by atoms with Crippen LogP contribution in [-0.2, 0) is 4.79 Å². The number of hydrogen-bond donors (Lipinski definition) is 1. The Bertz CT molecular complexity index is 646. The highest BCUT2D eigenvalue weighted by molar-refractivity contribution is 5.74. The minimum atomic E-state index is 0.533. The number of rotatable bonds is 11. The molecule has 26 heavy (non-hydrogen) atoms. The fraction of sp³-hybridized carbons (Fsp3) is 0.524. The lowest BCUT2D eigenvalue weighted by Crippen LogP contribution is -2.34. The molecule has 1 aromatic rings. The third kappa shape index (κ3) is 5.61. The zero-order chi connectivity index (χ0) is 18.9. The molecule has 0 aliphatic heterocycles. The van der Waals surface area contributed by atoms with Crippen molar-refractivity contribution in [2.75, 3.05) is 13.7 Å². The Morgan fingerprint density at radius 2 is 2.15 bits per heavy atom. The first kappa shape index (κ1) is 20.0. The number of aromatic nitrogens is 1. The third-order valence-corrected chi connectivity index (χ3v) is 4.92. The summed E-state index contributed by atoms with van der Waals surface area (Å²) in [5.41, 5.74) is 2.84. The highest BCUT2D eigenvalue weighted by Gasteiger charge is 2.27. The Labute approximate surface area is 157 Å². The highest BCUT2D eigenvalue weighted by atomic mass is 16.5. The number of allylic oxidation sites excluding steroid dienone is 3. The second-order valence-electron chi connectivity index (χ2n) is 6.82. The molecule has 1 aromatic heterocycles. The zero-order valence-electron chi connectivity index (χ0n) is 16.4. The standard InChI is InChI=1S/C21H31N3O2/c1-5-19(6-2)24(14-17-7-8-17)16(3)11-18(13-22-15-25)21-12-20(26-4)9-10-23-21/h9-13,15,17,19H,5-8,14H2,1-4H3,(H,22,25)/b16-11+,18-13+. The largest absolute Gasteiger partial charge is 0.497 e. The number of nitrogens with zero attached hydrogens (tertiary/aromatic N) is 2. The first-order valence-corrected chi connectivity index (χ1v) is 9.48. The van der Waals surface area contributed by atoms with Gasteiger partial charge in [-0.2, -0.15) is 0 Å². The predicted octanol–water partition coefficient (Wildman–Crippen LogP) is 3.98. The van der Waals surface area contributed by atoms with Crippen LogP contribution in [0.2, 0.25) is 0 Å². The van der Waals surface area contributed by atoms with Crippen LogP contribution in [0.1, 0.15) is 52.1 Å². The first-order valence-electron chi connectivity index (χ1n) is 9.48. The van der Waals surface area contributed by atoms with Crippen molar-refractivity contribution in [1.82, 2.24) is 15.2 Å². The van der Waals surface area contributed by atoms with Crippen LogP contribution in [0.25, 0.3) is 5.57 Å². The van der Waals surface area contributed by atoms with E-state index in [-0.39, 0.29) is 0 Å². The minimum Gasteiger partial charge on any atom is -0.497 e. The van der Waals surface area contributed by atoms with Gasteiger partial charge in [0.2, 0.25) is 6.41 Å². The number of amides is 1. The van der Waals surface area contributed by atoms with Gasteiger partial charge in [-0.3, -0.25) is 9.78 Å². The molecule has 1 aliphatic carbocycles. The summed E-state index contributed by atoms with van der Waals surface area (Å²) in [6, 6.07) is 4.23. The number of hydrogen-bond acceptors (Lipinski definition) is 4. The van der Waals surface area contributed by atoms with E-state index in [0.29, 0.717) is 12.5 Å². The predicted molar refractivity (Wildman–Crippen MR) is 106 cm³/mol. The molecule has 0 spiro atoms. The molecule has 1 saturated carbocycles. The molecule has 1 heterocycles. The summed E-state index contributed by atoms with van der Waals surface area (Å²) in [6.45, 7) is 7.75. The van der Waals surface area contributed by atoms with Gasteiger partial charge in [0.25, 0.3) is 0 Å². The van der Waals surface area contributed by atoms with E-state index in [9.17, 15) is 4.79 Å². The van der Waals surface area contributed by atoms with E-state index < -0.39 is 0 Å². The molecule has 1 aliphatic rings. The second-order valence-corrected chi connectivity index (χ2v) is 6.82. The third-order valence-electron chi connectivity index (χ3n) is 4.92. The van der Waals surface area contributed by atoms with Crippen molar-refractivity contribution in [3.8, 4) is 5.75 Å². The topological polar surface area (TPSA) is 54.5 Å². The average molecular weight is 357 g/mol. The van der Waals surface area contributed by atoms with Crippen LogP contribution in [-0.4, -0.2) is 36.0 Å². The van der Waals surface area contributed by atoms with Gasteiger partial charge in [-0.05, 0) is 50.7 Å². The fourth-order valence-electron chi connectivity index (χ4n) is 3.21. The van der Waals surface area contributed by atoms with Crippen LogP contribution in [0.4, 0.5) is 0 Å². The van der Waals surface area contributed by atoms with E-state index >= 15 is 0 Å².